The predicted molar refractivity (Wildman–Crippen MR) is 150 cm³/mol. The lowest BCUT2D eigenvalue weighted by Crippen LogP contribution is -2.38. The van der Waals surface area contributed by atoms with Gasteiger partial charge < -0.3 is 21.1 Å². The van der Waals surface area contributed by atoms with Crippen LogP contribution in [0.4, 0.5) is 24.8 Å². The fraction of sp³-hybridized carbons (Fsp3) is 0.345. The number of pyridine rings is 1. The molecule has 2 amide bonds. The molecule has 1 aliphatic rings. The number of carbonyl (C=O) groups excluding carboxylic acids is 2. The highest BCUT2D eigenvalue weighted by molar-refractivity contribution is 6.04. The Morgan fingerprint density at radius 2 is 1.90 bits per heavy atom. The largest absolute Gasteiger partial charge is 0.416 e. The number of anilines is 2. The molecule has 10 nitrogen and oxygen atoms in total. The van der Waals surface area contributed by atoms with Crippen molar-refractivity contribution in [2.45, 2.75) is 50.2 Å². The third-order valence-corrected chi connectivity index (χ3v) is 7.30. The fourth-order valence-corrected chi connectivity index (χ4v) is 5.27. The molecule has 0 radical (unpaired) electrons. The number of nitrogens with zero attached hydrogens (tertiary/aromatic N) is 4. The smallest absolute Gasteiger partial charge is 0.384 e. The minimum atomic E-state index is -4.55. The number of nitrogen functional groups attached to an aromatic ring is 1. The molecule has 13 heteroatoms. The average Bonchev–Trinajstić information content (AvgIpc) is 3.37. The lowest BCUT2D eigenvalue weighted by atomic mass is 9.85. The van der Waals surface area contributed by atoms with Crippen molar-refractivity contribution in [3.8, 4) is 11.3 Å². The van der Waals surface area contributed by atoms with Crippen LogP contribution in [0.3, 0.4) is 0 Å². The maximum atomic E-state index is 13.0. The monoisotopic (exact) mass is 581 g/mol. The number of amides is 2. The molecule has 1 aliphatic carbocycles. The summed E-state index contributed by atoms with van der Waals surface area (Å²) in [4.78, 5) is 38.1. The summed E-state index contributed by atoms with van der Waals surface area (Å²) in [5, 5.41) is 5.51. The number of benzene rings is 1. The summed E-state index contributed by atoms with van der Waals surface area (Å²) in [5.41, 5.74) is 7.52. The zero-order valence-electron chi connectivity index (χ0n) is 22.8. The van der Waals surface area contributed by atoms with Gasteiger partial charge >= 0.3 is 6.18 Å². The van der Waals surface area contributed by atoms with E-state index < -0.39 is 17.6 Å². The van der Waals surface area contributed by atoms with Gasteiger partial charge in [-0.2, -0.15) is 13.2 Å². The number of hydrogen-bond donors (Lipinski definition) is 3. The van der Waals surface area contributed by atoms with Gasteiger partial charge in [0.25, 0.3) is 5.91 Å². The van der Waals surface area contributed by atoms with Gasteiger partial charge in [0, 0.05) is 55.2 Å². The van der Waals surface area contributed by atoms with Crippen LogP contribution in [0.2, 0.25) is 0 Å². The number of rotatable bonds is 8. The Morgan fingerprint density at radius 3 is 2.64 bits per heavy atom. The van der Waals surface area contributed by atoms with Gasteiger partial charge in [-0.1, -0.05) is 18.6 Å². The molecule has 220 valence electrons. The molecule has 1 saturated carbocycles. The quantitative estimate of drug-likeness (QED) is 0.271. The van der Waals surface area contributed by atoms with E-state index in [4.69, 9.17) is 15.5 Å². The Kier molecular flexibility index (Phi) is 8.39. The number of fused-ring (bicyclic) bond motifs is 1. The van der Waals surface area contributed by atoms with Crippen LogP contribution in [0.25, 0.3) is 16.8 Å². The van der Waals surface area contributed by atoms with Crippen LogP contribution in [0, 0.1) is 0 Å². The third-order valence-electron chi connectivity index (χ3n) is 7.30. The van der Waals surface area contributed by atoms with Crippen LogP contribution in [-0.4, -0.2) is 50.9 Å². The third kappa shape index (κ3) is 6.35. The van der Waals surface area contributed by atoms with Crippen LogP contribution in [0.15, 0.2) is 55.0 Å². The predicted octanol–water partition coefficient (Wildman–Crippen LogP) is 4.82. The zero-order valence-corrected chi connectivity index (χ0v) is 22.8. The molecule has 0 saturated heterocycles. The average molecular weight is 582 g/mol. The lowest BCUT2D eigenvalue weighted by Gasteiger charge is -2.29. The highest BCUT2D eigenvalue weighted by Crippen LogP contribution is 2.37. The van der Waals surface area contributed by atoms with Crippen molar-refractivity contribution in [1.82, 2.24) is 24.7 Å². The Balaban J connectivity index is 1.37. The van der Waals surface area contributed by atoms with Gasteiger partial charge in [0.2, 0.25) is 5.91 Å². The van der Waals surface area contributed by atoms with Gasteiger partial charge in [-0.15, -0.1) is 0 Å². The van der Waals surface area contributed by atoms with E-state index in [1.54, 1.807) is 37.6 Å². The van der Waals surface area contributed by atoms with Crippen LogP contribution in [-0.2, 0) is 15.7 Å². The molecule has 4 N–H and O–H groups in total. The molecule has 0 spiro atoms. The second-order valence-electron chi connectivity index (χ2n) is 10.2. The first-order valence-electron chi connectivity index (χ1n) is 13.5. The van der Waals surface area contributed by atoms with E-state index in [1.165, 1.54) is 0 Å². The summed E-state index contributed by atoms with van der Waals surface area (Å²) in [5.74, 6) is 0.317. The van der Waals surface area contributed by atoms with Crippen molar-refractivity contribution < 1.29 is 27.5 Å². The molecule has 0 bridgehead atoms. The lowest BCUT2D eigenvalue weighted by molar-refractivity contribution is -0.137. The van der Waals surface area contributed by atoms with Crippen molar-refractivity contribution in [3.05, 3.63) is 71.9 Å². The standard InChI is InChI=1S/C29H30F3N7O3/c1-42-14-10-23(40)36-21-4-2-3-19(15-21)27-38-24(25-26(33)35-12-13-39(25)27)17-5-7-18(8-6-17)28(41)37-22-16-20(9-11-34-22)29(30,31)32/h5-9,11-13,16,19,21H,2-4,10,14-15H2,1H3,(H2,33,35)(H,36,40)(H,34,37,41)/t19-,21?/m1/s1. The number of imidazole rings is 1. The summed E-state index contributed by atoms with van der Waals surface area (Å²) in [7, 11) is 1.56. The number of carbonyl (C=O) groups is 2. The van der Waals surface area contributed by atoms with Gasteiger partial charge in [-0.25, -0.2) is 15.0 Å². The second-order valence-corrected chi connectivity index (χ2v) is 10.2. The minimum absolute atomic E-state index is 0.0206. The van der Waals surface area contributed by atoms with Crippen molar-refractivity contribution in [1.29, 1.82) is 0 Å². The van der Waals surface area contributed by atoms with Crippen LogP contribution in [0.5, 0.6) is 0 Å². The summed E-state index contributed by atoms with van der Waals surface area (Å²) in [6.07, 6.45) is 3.59. The number of methoxy groups -OCH3 is 1. The van der Waals surface area contributed by atoms with Gasteiger partial charge in [0.1, 0.15) is 28.7 Å². The van der Waals surface area contributed by atoms with Crippen molar-refractivity contribution in [2.75, 3.05) is 24.8 Å². The first-order chi connectivity index (χ1) is 20.1. The number of nitrogens with one attached hydrogen (secondary N) is 2. The summed E-state index contributed by atoms with van der Waals surface area (Å²) in [6.45, 7) is 0.366. The van der Waals surface area contributed by atoms with E-state index in [-0.39, 0.29) is 29.2 Å². The van der Waals surface area contributed by atoms with E-state index in [0.29, 0.717) is 35.6 Å². The maximum absolute atomic E-state index is 13.0. The van der Waals surface area contributed by atoms with Gasteiger partial charge in [0.15, 0.2) is 0 Å². The van der Waals surface area contributed by atoms with E-state index in [1.807, 2.05) is 10.6 Å². The topological polar surface area (TPSA) is 137 Å². The number of aromatic nitrogens is 4. The molecule has 3 aromatic heterocycles. The number of alkyl halides is 3. The Labute approximate surface area is 239 Å². The maximum Gasteiger partial charge on any atom is 0.416 e. The van der Waals surface area contributed by atoms with Gasteiger partial charge in [-0.3, -0.25) is 14.0 Å². The Bertz CT molecular complexity index is 1590. The van der Waals surface area contributed by atoms with Crippen LogP contribution >= 0.6 is 0 Å². The molecule has 1 unspecified atom stereocenters. The van der Waals surface area contributed by atoms with E-state index >= 15 is 0 Å². The summed E-state index contributed by atoms with van der Waals surface area (Å²) in [6, 6.07) is 8.15. The molecule has 2 atom stereocenters. The first kappa shape index (κ1) is 29.0. The first-order valence-corrected chi connectivity index (χ1v) is 13.5. The molecule has 1 fully saturated rings. The zero-order chi connectivity index (χ0) is 29.9. The number of halogens is 3. The highest BCUT2D eigenvalue weighted by Gasteiger charge is 2.31. The van der Waals surface area contributed by atoms with Crippen molar-refractivity contribution in [2.24, 2.45) is 0 Å². The molecule has 4 aromatic rings. The SMILES string of the molecule is COCCC(=O)NC1CCC[C@@H](c2nc(-c3ccc(C(=O)Nc4cc(C(F)(F)F)ccn4)cc3)c3c(N)nccn23)C1. The molecule has 42 heavy (non-hydrogen) atoms. The van der Waals surface area contributed by atoms with E-state index in [9.17, 15) is 22.8 Å². The van der Waals surface area contributed by atoms with Crippen LogP contribution < -0.4 is 16.4 Å². The van der Waals surface area contributed by atoms with Gasteiger partial charge in [0.05, 0.1) is 12.2 Å². The Morgan fingerprint density at radius 1 is 1.12 bits per heavy atom. The normalized spacial score (nSPS) is 17.2. The van der Waals surface area contributed by atoms with Crippen molar-refractivity contribution >= 4 is 29.0 Å². The minimum Gasteiger partial charge on any atom is -0.384 e. The molecule has 3 heterocycles. The number of hydrogen-bond acceptors (Lipinski definition) is 7. The van der Waals surface area contributed by atoms with E-state index in [2.05, 4.69) is 20.6 Å². The molecule has 0 aliphatic heterocycles. The van der Waals surface area contributed by atoms with Crippen molar-refractivity contribution in [3.63, 3.8) is 0 Å². The molecular weight excluding hydrogens is 551 g/mol. The van der Waals surface area contributed by atoms with Gasteiger partial charge in [-0.05, 0) is 43.5 Å². The van der Waals surface area contributed by atoms with Crippen LogP contribution in [0.1, 0.15) is 59.8 Å². The summed E-state index contributed by atoms with van der Waals surface area (Å²) >= 11 is 0. The number of ether oxygens (including phenoxy) is 1. The Hall–Kier alpha value is -4.52. The summed E-state index contributed by atoms with van der Waals surface area (Å²) < 4.78 is 46.0. The molecule has 5 rings (SSSR count). The molecule has 1 aromatic carbocycles. The number of nitrogens with two attached hydrogens (primary N) is 1. The second kappa shape index (κ2) is 12.1. The molecular formula is C29H30F3N7O3. The fourth-order valence-electron chi connectivity index (χ4n) is 5.27. The highest BCUT2D eigenvalue weighted by atomic mass is 19.4. The van der Waals surface area contributed by atoms with E-state index in [0.717, 1.165) is 49.8 Å².